The molecule has 0 fully saturated rings. The van der Waals surface area contributed by atoms with Gasteiger partial charge in [0, 0.05) is 26.4 Å². The van der Waals surface area contributed by atoms with Gasteiger partial charge in [0.1, 0.15) is 0 Å². The average molecular weight is 244 g/mol. The Labute approximate surface area is 103 Å². The maximum atomic E-state index is 11.7. The Hall–Kier alpha value is -1.10. The van der Waals surface area contributed by atoms with Gasteiger partial charge in [0.05, 0.1) is 0 Å². The minimum atomic E-state index is -0.847. The molecule has 0 aliphatic heterocycles. The summed E-state index contributed by atoms with van der Waals surface area (Å²) >= 11 is 0. The molecule has 0 aromatic carbocycles. The molecule has 0 bridgehead atoms. The van der Waals surface area contributed by atoms with Crippen molar-refractivity contribution in [3.8, 4) is 0 Å². The van der Waals surface area contributed by atoms with Gasteiger partial charge in [-0.1, -0.05) is 6.92 Å². The van der Waals surface area contributed by atoms with E-state index in [9.17, 15) is 9.59 Å². The van der Waals surface area contributed by atoms with Crippen LogP contribution in [0.4, 0.5) is 0 Å². The second kappa shape index (κ2) is 8.06. The lowest BCUT2D eigenvalue weighted by Crippen LogP contribution is -2.31. The lowest BCUT2D eigenvalue weighted by Gasteiger charge is -2.20. The van der Waals surface area contributed by atoms with Gasteiger partial charge in [-0.05, 0) is 33.0 Å². The molecule has 0 spiro atoms. The highest BCUT2D eigenvalue weighted by Crippen LogP contribution is 2.09. The van der Waals surface area contributed by atoms with Crippen molar-refractivity contribution in [3.05, 3.63) is 0 Å². The summed E-state index contributed by atoms with van der Waals surface area (Å²) in [5.74, 6) is -0.922. The van der Waals surface area contributed by atoms with E-state index in [0.717, 1.165) is 19.5 Å². The third-order valence-corrected chi connectivity index (χ3v) is 2.57. The molecule has 0 rings (SSSR count). The first-order valence-corrected chi connectivity index (χ1v) is 5.93. The van der Waals surface area contributed by atoms with Crippen LogP contribution in [-0.2, 0) is 9.59 Å². The van der Waals surface area contributed by atoms with Gasteiger partial charge in [0.25, 0.3) is 0 Å². The number of aliphatic carboxylic acids is 1. The second-order valence-corrected chi connectivity index (χ2v) is 4.88. The topological polar surface area (TPSA) is 60.9 Å². The molecule has 0 aliphatic carbocycles. The van der Waals surface area contributed by atoms with Crippen molar-refractivity contribution in [3.63, 3.8) is 0 Å². The van der Waals surface area contributed by atoms with Crippen LogP contribution in [0.1, 0.15) is 26.2 Å². The molecule has 100 valence electrons. The van der Waals surface area contributed by atoms with Crippen molar-refractivity contribution < 1.29 is 14.7 Å². The first-order valence-electron chi connectivity index (χ1n) is 5.93. The quantitative estimate of drug-likeness (QED) is 0.689. The summed E-state index contributed by atoms with van der Waals surface area (Å²) in [7, 11) is 5.76. The first-order chi connectivity index (χ1) is 7.82. The fourth-order valence-corrected chi connectivity index (χ4v) is 1.57. The van der Waals surface area contributed by atoms with Crippen LogP contribution >= 0.6 is 0 Å². The Morgan fingerprint density at radius 3 is 2.18 bits per heavy atom. The Morgan fingerprint density at radius 2 is 1.71 bits per heavy atom. The number of carbonyl (C=O) groups excluding carboxylic acids is 1. The minimum absolute atomic E-state index is 0.0255. The second-order valence-electron chi connectivity index (χ2n) is 4.88. The third kappa shape index (κ3) is 8.68. The number of carbonyl (C=O) groups is 2. The summed E-state index contributed by atoms with van der Waals surface area (Å²) in [5, 5.41) is 8.61. The van der Waals surface area contributed by atoms with Crippen molar-refractivity contribution in [2.45, 2.75) is 26.2 Å². The molecule has 5 nitrogen and oxygen atoms in total. The highest BCUT2D eigenvalue weighted by atomic mass is 16.4. The summed E-state index contributed by atoms with van der Waals surface area (Å²) in [6, 6.07) is 0. The van der Waals surface area contributed by atoms with Gasteiger partial charge < -0.3 is 14.9 Å². The first kappa shape index (κ1) is 15.9. The third-order valence-electron chi connectivity index (χ3n) is 2.57. The summed E-state index contributed by atoms with van der Waals surface area (Å²) in [6.07, 6.45) is 1.30. The molecular formula is C12H24N2O3. The average Bonchev–Trinajstić information content (AvgIpc) is 2.15. The fourth-order valence-electron chi connectivity index (χ4n) is 1.57. The van der Waals surface area contributed by atoms with E-state index in [1.54, 1.807) is 18.9 Å². The van der Waals surface area contributed by atoms with Crippen LogP contribution in [0.3, 0.4) is 0 Å². The van der Waals surface area contributed by atoms with Crippen molar-refractivity contribution in [2.75, 3.05) is 34.2 Å². The molecule has 0 saturated heterocycles. The Morgan fingerprint density at radius 1 is 1.12 bits per heavy atom. The molecule has 0 aromatic heterocycles. The minimum Gasteiger partial charge on any atom is -0.481 e. The highest BCUT2D eigenvalue weighted by Gasteiger charge is 2.15. The van der Waals surface area contributed by atoms with Gasteiger partial charge in [-0.15, -0.1) is 0 Å². The predicted molar refractivity (Wildman–Crippen MR) is 66.8 cm³/mol. The van der Waals surface area contributed by atoms with Crippen LogP contribution < -0.4 is 0 Å². The molecule has 0 aromatic rings. The molecule has 1 amide bonds. The summed E-state index contributed by atoms with van der Waals surface area (Å²) in [6.45, 7) is 3.46. The molecule has 1 N–H and O–H groups in total. The van der Waals surface area contributed by atoms with Crippen LogP contribution in [-0.4, -0.2) is 61.0 Å². The molecule has 0 saturated carbocycles. The zero-order valence-electron chi connectivity index (χ0n) is 11.3. The van der Waals surface area contributed by atoms with E-state index in [1.165, 1.54) is 0 Å². The molecule has 5 heteroatoms. The fraction of sp³-hybridized carbons (Fsp3) is 0.833. The zero-order valence-corrected chi connectivity index (χ0v) is 11.3. The summed E-state index contributed by atoms with van der Waals surface area (Å²) in [5.41, 5.74) is 0. The molecule has 17 heavy (non-hydrogen) atoms. The number of carboxylic acids is 1. The largest absolute Gasteiger partial charge is 0.481 e. The van der Waals surface area contributed by atoms with Gasteiger partial charge in [-0.3, -0.25) is 9.59 Å². The Balaban J connectivity index is 3.84. The van der Waals surface area contributed by atoms with Crippen LogP contribution in [0.15, 0.2) is 0 Å². The zero-order chi connectivity index (χ0) is 13.4. The molecule has 0 heterocycles. The maximum absolute atomic E-state index is 11.7. The lowest BCUT2D eigenvalue weighted by molar-refractivity contribution is -0.138. The number of carboxylic acid groups (broad SMARTS) is 1. The Bertz CT molecular complexity index is 254. The highest BCUT2D eigenvalue weighted by molar-refractivity contribution is 5.77. The van der Waals surface area contributed by atoms with E-state index in [1.807, 2.05) is 14.1 Å². The smallest absolute Gasteiger partial charge is 0.303 e. The molecule has 0 radical (unpaired) electrons. The van der Waals surface area contributed by atoms with Gasteiger partial charge in [0.15, 0.2) is 0 Å². The van der Waals surface area contributed by atoms with Gasteiger partial charge >= 0.3 is 5.97 Å². The lowest BCUT2D eigenvalue weighted by atomic mass is 10.0. The van der Waals surface area contributed by atoms with E-state index in [0.29, 0.717) is 6.42 Å². The van der Waals surface area contributed by atoms with Crippen LogP contribution in [0.25, 0.3) is 0 Å². The maximum Gasteiger partial charge on any atom is 0.303 e. The van der Waals surface area contributed by atoms with Gasteiger partial charge in [-0.25, -0.2) is 0 Å². The van der Waals surface area contributed by atoms with E-state index in [-0.39, 0.29) is 18.2 Å². The standard InChI is InChI=1S/C12H24N2O3/c1-10(9-12(16)17)8-11(15)14(4)7-5-6-13(2)3/h10H,5-9H2,1-4H3,(H,16,17). The number of rotatable bonds is 8. The Kier molecular flexibility index (Phi) is 7.54. The molecule has 0 aliphatic rings. The van der Waals surface area contributed by atoms with E-state index in [2.05, 4.69) is 4.90 Å². The van der Waals surface area contributed by atoms with Gasteiger partial charge in [-0.2, -0.15) is 0 Å². The van der Waals surface area contributed by atoms with Crippen molar-refractivity contribution in [1.29, 1.82) is 0 Å². The van der Waals surface area contributed by atoms with Crippen molar-refractivity contribution in [2.24, 2.45) is 5.92 Å². The molecule has 1 unspecified atom stereocenters. The SMILES string of the molecule is CC(CC(=O)O)CC(=O)N(C)CCCN(C)C. The monoisotopic (exact) mass is 244 g/mol. The number of hydrogen-bond acceptors (Lipinski definition) is 3. The van der Waals surface area contributed by atoms with E-state index in [4.69, 9.17) is 5.11 Å². The van der Waals surface area contributed by atoms with Crippen LogP contribution in [0, 0.1) is 5.92 Å². The van der Waals surface area contributed by atoms with Crippen LogP contribution in [0.5, 0.6) is 0 Å². The van der Waals surface area contributed by atoms with Crippen molar-refractivity contribution >= 4 is 11.9 Å². The van der Waals surface area contributed by atoms with Crippen molar-refractivity contribution in [1.82, 2.24) is 9.80 Å². The molecular weight excluding hydrogens is 220 g/mol. The summed E-state index contributed by atoms with van der Waals surface area (Å²) < 4.78 is 0. The van der Waals surface area contributed by atoms with E-state index >= 15 is 0 Å². The normalized spacial score (nSPS) is 12.5. The molecule has 1 atom stereocenters. The predicted octanol–water partition coefficient (Wildman–Crippen LogP) is 0.897. The number of amides is 1. The number of hydrogen-bond donors (Lipinski definition) is 1. The number of nitrogens with zero attached hydrogens (tertiary/aromatic N) is 2. The van der Waals surface area contributed by atoms with Gasteiger partial charge in [0.2, 0.25) is 5.91 Å². The van der Waals surface area contributed by atoms with Crippen LogP contribution in [0.2, 0.25) is 0 Å². The summed E-state index contributed by atoms with van der Waals surface area (Å²) in [4.78, 5) is 26.0. The van der Waals surface area contributed by atoms with E-state index < -0.39 is 5.97 Å².